The predicted molar refractivity (Wildman–Crippen MR) is 95.6 cm³/mol. The van der Waals surface area contributed by atoms with Gasteiger partial charge in [-0.1, -0.05) is 37.3 Å². The fourth-order valence-corrected chi connectivity index (χ4v) is 3.09. The molecule has 3 rings (SSSR count). The van der Waals surface area contributed by atoms with E-state index < -0.39 is 0 Å². The molecule has 1 saturated heterocycles. The van der Waals surface area contributed by atoms with Crippen LogP contribution >= 0.6 is 0 Å². The number of hydrogen-bond acceptors (Lipinski definition) is 5. The Morgan fingerprint density at radius 2 is 1.87 bits per heavy atom. The number of rotatable bonds is 4. The molecule has 0 bridgehead atoms. The summed E-state index contributed by atoms with van der Waals surface area (Å²) in [6.07, 6.45) is 4.01. The molecule has 23 heavy (non-hydrogen) atoms. The number of nitrogens with two attached hydrogens (primary N) is 1. The molecule has 0 unspecified atom stereocenters. The molecule has 0 atom stereocenters. The number of piperidine rings is 1. The fourth-order valence-electron chi connectivity index (χ4n) is 3.09. The van der Waals surface area contributed by atoms with E-state index in [1.165, 1.54) is 18.4 Å². The zero-order chi connectivity index (χ0) is 16.2. The predicted octanol–water partition coefficient (Wildman–Crippen LogP) is 2.93. The molecular formula is C18H25N5. The Bertz CT molecular complexity index is 635. The van der Waals surface area contributed by atoms with Crippen LogP contribution in [0.5, 0.6) is 0 Å². The second kappa shape index (κ2) is 6.86. The van der Waals surface area contributed by atoms with Crippen molar-refractivity contribution < 1.29 is 0 Å². The van der Waals surface area contributed by atoms with Crippen LogP contribution in [0.15, 0.2) is 36.7 Å². The molecule has 0 saturated carbocycles. The van der Waals surface area contributed by atoms with Gasteiger partial charge in [0.25, 0.3) is 0 Å². The minimum Gasteiger partial charge on any atom is -0.393 e. The summed E-state index contributed by atoms with van der Waals surface area (Å²) in [5.41, 5.74) is 8.31. The number of nitrogens with zero attached hydrogens (tertiary/aromatic N) is 4. The molecule has 0 radical (unpaired) electrons. The Morgan fingerprint density at radius 1 is 1.17 bits per heavy atom. The summed E-state index contributed by atoms with van der Waals surface area (Å²) in [6.45, 7) is 5.12. The van der Waals surface area contributed by atoms with Crippen LogP contribution in [-0.2, 0) is 6.54 Å². The molecule has 2 aromatic rings. The molecule has 1 aliphatic heterocycles. The molecule has 1 fully saturated rings. The lowest BCUT2D eigenvalue weighted by Crippen LogP contribution is -2.34. The molecule has 1 aliphatic rings. The van der Waals surface area contributed by atoms with Crippen LogP contribution in [-0.4, -0.2) is 30.1 Å². The number of anilines is 3. The Hall–Kier alpha value is -2.30. The first kappa shape index (κ1) is 15.6. The third-order valence-electron chi connectivity index (χ3n) is 4.55. The number of hydrogen-bond donors (Lipinski definition) is 1. The van der Waals surface area contributed by atoms with Crippen LogP contribution in [0.1, 0.15) is 25.3 Å². The van der Waals surface area contributed by atoms with Gasteiger partial charge in [0.2, 0.25) is 0 Å². The van der Waals surface area contributed by atoms with Gasteiger partial charge in [-0.05, 0) is 24.3 Å². The Balaban J connectivity index is 1.79. The van der Waals surface area contributed by atoms with Gasteiger partial charge in [0, 0.05) is 26.7 Å². The smallest absolute Gasteiger partial charge is 0.157 e. The molecule has 0 aliphatic carbocycles. The summed E-state index contributed by atoms with van der Waals surface area (Å²) in [4.78, 5) is 13.2. The maximum atomic E-state index is 6.40. The topological polar surface area (TPSA) is 58.3 Å². The van der Waals surface area contributed by atoms with Gasteiger partial charge in [0.15, 0.2) is 11.6 Å². The van der Waals surface area contributed by atoms with Crippen LogP contribution in [0.25, 0.3) is 0 Å². The zero-order valence-corrected chi connectivity index (χ0v) is 13.9. The van der Waals surface area contributed by atoms with Crippen molar-refractivity contribution in [2.24, 2.45) is 5.92 Å². The maximum Gasteiger partial charge on any atom is 0.157 e. The van der Waals surface area contributed by atoms with Crippen molar-refractivity contribution >= 4 is 17.3 Å². The van der Waals surface area contributed by atoms with Crippen LogP contribution in [0.3, 0.4) is 0 Å². The van der Waals surface area contributed by atoms with Crippen molar-refractivity contribution in [3.63, 3.8) is 0 Å². The van der Waals surface area contributed by atoms with Crippen LogP contribution in [0, 0.1) is 5.92 Å². The van der Waals surface area contributed by atoms with Crippen LogP contribution in [0.4, 0.5) is 17.3 Å². The van der Waals surface area contributed by atoms with Gasteiger partial charge in [0.1, 0.15) is 12.0 Å². The molecule has 2 heterocycles. The Labute approximate surface area is 138 Å². The molecule has 0 amide bonds. The van der Waals surface area contributed by atoms with Gasteiger partial charge in [-0.25, -0.2) is 9.97 Å². The third-order valence-corrected chi connectivity index (χ3v) is 4.55. The van der Waals surface area contributed by atoms with Crippen molar-refractivity contribution in [1.82, 2.24) is 9.97 Å². The van der Waals surface area contributed by atoms with E-state index >= 15 is 0 Å². The molecule has 122 valence electrons. The van der Waals surface area contributed by atoms with E-state index in [1.807, 2.05) is 25.2 Å². The standard InChI is InChI=1S/C18H25N5/c1-14-8-10-23(11-9-14)18-16(19)17(20-13-21-18)22(2)12-15-6-4-3-5-7-15/h3-7,13-14H,8-12,19H2,1-2H3. The highest BCUT2D eigenvalue weighted by molar-refractivity contribution is 5.75. The van der Waals surface area contributed by atoms with Gasteiger partial charge in [0.05, 0.1) is 0 Å². The minimum atomic E-state index is 0.681. The van der Waals surface area contributed by atoms with E-state index in [-0.39, 0.29) is 0 Å². The third kappa shape index (κ3) is 3.55. The highest BCUT2D eigenvalue weighted by Crippen LogP contribution is 2.31. The highest BCUT2D eigenvalue weighted by atomic mass is 15.2. The van der Waals surface area contributed by atoms with Crippen molar-refractivity contribution in [3.05, 3.63) is 42.2 Å². The van der Waals surface area contributed by atoms with E-state index in [4.69, 9.17) is 5.73 Å². The summed E-state index contributed by atoms with van der Waals surface area (Å²) in [5, 5.41) is 0. The maximum absolute atomic E-state index is 6.40. The minimum absolute atomic E-state index is 0.681. The number of nitrogen functional groups attached to an aromatic ring is 1. The van der Waals surface area contributed by atoms with Gasteiger partial charge < -0.3 is 15.5 Å². The summed E-state index contributed by atoms with van der Waals surface area (Å²) in [7, 11) is 2.02. The largest absolute Gasteiger partial charge is 0.393 e. The van der Waals surface area contributed by atoms with E-state index in [0.717, 1.165) is 37.2 Å². The summed E-state index contributed by atoms with van der Waals surface area (Å²) in [5.74, 6) is 2.47. The van der Waals surface area contributed by atoms with Gasteiger partial charge in [-0.3, -0.25) is 0 Å². The van der Waals surface area contributed by atoms with Crippen molar-refractivity contribution in [2.45, 2.75) is 26.3 Å². The molecule has 1 aromatic carbocycles. The average molecular weight is 311 g/mol. The van der Waals surface area contributed by atoms with Gasteiger partial charge in [-0.2, -0.15) is 0 Å². The lowest BCUT2D eigenvalue weighted by atomic mass is 9.99. The van der Waals surface area contributed by atoms with E-state index in [0.29, 0.717) is 5.69 Å². The molecule has 5 nitrogen and oxygen atoms in total. The Morgan fingerprint density at radius 3 is 2.57 bits per heavy atom. The highest BCUT2D eigenvalue weighted by Gasteiger charge is 2.21. The summed E-state index contributed by atoms with van der Waals surface area (Å²) in [6, 6.07) is 10.3. The van der Waals surface area contributed by atoms with Crippen molar-refractivity contribution in [2.75, 3.05) is 35.7 Å². The van der Waals surface area contributed by atoms with E-state index in [9.17, 15) is 0 Å². The normalized spacial score (nSPS) is 15.7. The molecule has 0 spiro atoms. The first-order valence-electron chi connectivity index (χ1n) is 8.25. The lowest BCUT2D eigenvalue weighted by Gasteiger charge is -2.32. The van der Waals surface area contributed by atoms with Crippen LogP contribution < -0.4 is 15.5 Å². The SMILES string of the molecule is CC1CCN(c2ncnc(N(C)Cc3ccccc3)c2N)CC1. The Kier molecular flexibility index (Phi) is 4.65. The van der Waals surface area contributed by atoms with Crippen molar-refractivity contribution in [3.8, 4) is 0 Å². The molecule has 5 heteroatoms. The second-order valence-electron chi connectivity index (χ2n) is 6.45. The molecule has 2 N–H and O–H groups in total. The monoisotopic (exact) mass is 311 g/mol. The molecular weight excluding hydrogens is 286 g/mol. The van der Waals surface area contributed by atoms with Crippen molar-refractivity contribution in [1.29, 1.82) is 0 Å². The quantitative estimate of drug-likeness (QED) is 0.941. The fraction of sp³-hybridized carbons (Fsp3) is 0.444. The van der Waals surface area contributed by atoms with E-state index in [2.05, 4.69) is 38.8 Å². The van der Waals surface area contributed by atoms with Gasteiger partial charge in [-0.15, -0.1) is 0 Å². The number of aromatic nitrogens is 2. The lowest BCUT2D eigenvalue weighted by molar-refractivity contribution is 0.437. The first-order valence-corrected chi connectivity index (χ1v) is 8.25. The second-order valence-corrected chi connectivity index (χ2v) is 6.45. The van der Waals surface area contributed by atoms with E-state index in [1.54, 1.807) is 6.33 Å². The summed E-state index contributed by atoms with van der Waals surface area (Å²) >= 11 is 0. The van der Waals surface area contributed by atoms with Gasteiger partial charge >= 0.3 is 0 Å². The number of benzene rings is 1. The average Bonchev–Trinajstić information content (AvgIpc) is 2.57. The summed E-state index contributed by atoms with van der Waals surface area (Å²) < 4.78 is 0. The first-order chi connectivity index (χ1) is 11.1. The molecule has 1 aromatic heterocycles. The van der Waals surface area contributed by atoms with Crippen LogP contribution in [0.2, 0.25) is 0 Å². The zero-order valence-electron chi connectivity index (χ0n) is 13.9.